The van der Waals surface area contributed by atoms with Gasteiger partial charge in [-0.3, -0.25) is 4.67 Å². The van der Waals surface area contributed by atoms with E-state index >= 15 is 0 Å². The topological polar surface area (TPSA) is 3.24 Å². The molecule has 1 saturated heterocycles. The highest BCUT2D eigenvalue weighted by Gasteiger charge is 2.44. The Kier molecular flexibility index (Phi) is 2.61. The van der Waals surface area contributed by atoms with Crippen LogP contribution in [0, 0.1) is 0 Å². The second-order valence-electron chi connectivity index (χ2n) is 4.83. The number of nitrogens with zero attached hydrogens (tertiary/aromatic N) is 1. The Hall–Kier alpha value is -0.650. The summed E-state index contributed by atoms with van der Waals surface area (Å²) in [5.41, 5.74) is 1.47. The molecule has 0 N–H and O–H groups in total. The Morgan fingerprint density at radius 1 is 1.19 bits per heavy atom. The highest BCUT2D eigenvalue weighted by molar-refractivity contribution is 7.79. The predicted molar refractivity (Wildman–Crippen MR) is 71.4 cm³/mol. The van der Waals surface area contributed by atoms with E-state index in [1.165, 1.54) is 24.9 Å². The van der Waals surface area contributed by atoms with Crippen LogP contribution in [0.1, 0.15) is 32.3 Å². The third-order valence-electron chi connectivity index (χ3n) is 3.39. The van der Waals surface area contributed by atoms with Crippen molar-refractivity contribution in [3.8, 4) is 0 Å². The maximum absolute atomic E-state index is 2.70. The molecule has 1 fully saturated rings. The van der Waals surface area contributed by atoms with E-state index in [0.29, 0.717) is 6.04 Å². The maximum Gasteiger partial charge on any atom is 0.0258 e. The average Bonchev–Trinajstić information content (AvgIpc) is 3.03. The molecule has 84 valence electrons. The minimum atomic E-state index is -0.000900. The molecule has 1 unspecified atom stereocenters. The summed E-state index contributed by atoms with van der Waals surface area (Å²) < 4.78 is 2.70. The number of benzene rings is 1. The molecule has 0 spiro atoms. The predicted octanol–water partition coefficient (Wildman–Crippen LogP) is 4.27. The molecule has 1 nitrogen and oxygen atoms in total. The van der Waals surface area contributed by atoms with Crippen molar-refractivity contribution < 1.29 is 0 Å². The standard InChI is InChI=1S/C14H18NP/c1-11(2)15-10-6-9-13-14(16(13)15)12-7-4-3-5-8-12/h3-5,7-8,11H,6,9-10H2,1-2H3. The number of fused-ring (bicyclic) bond motifs is 1. The van der Waals surface area contributed by atoms with Crippen molar-refractivity contribution >= 4 is 13.4 Å². The van der Waals surface area contributed by atoms with Crippen molar-refractivity contribution in [3.05, 3.63) is 41.2 Å². The molecule has 16 heavy (non-hydrogen) atoms. The molecule has 2 aliphatic heterocycles. The number of rotatable bonds is 2. The van der Waals surface area contributed by atoms with Crippen LogP contribution >= 0.6 is 8.07 Å². The van der Waals surface area contributed by atoms with Crippen LogP contribution in [0.3, 0.4) is 0 Å². The first-order valence-corrected chi connectivity index (χ1v) is 7.44. The van der Waals surface area contributed by atoms with Gasteiger partial charge in [-0.1, -0.05) is 30.3 Å². The number of hydrogen-bond donors (Lipinski definition) is 0. The highest BCUT2D eigenvalue weighted by atomic mass is 31.1. The summed E-state index contributed by atoms with van der Waals surface area (Å²) in [5, 5.41) is 3.45. The lowest BCUT2D eigenvalue weighted by Crippen LogP contribution is -2.26. The van der Waals surface area contributed by atoms with E-state index in [0.717, 1.165) is 0 Å². The summed E-state index contributed by atoms with van der Waals surface area (Å²) in [7, 11) is -0.000900. The minimum Gasteiger partial charge on any atom is -0.273 e. The second kappa shape index (κ2) is 3.98. The Bertz CT molecular complexity index is 422. The molecule has 0 bridgehead atoms. The zero-order valence-electron chi connectivity index (χ0n) is 9.98. The van der Waals surface area contributed by atoms with Crippen molar-refractivity contribution in [3.63, 3.8) is 0 Å². The summed E-state index contributed by atoms with van der Waals surface area (Å²) in [6.07, 6.45) is 2.70. The zero-order valence-corrected chi connectivity index (χ0v) is 10.9. The van der Waals surface area contributed by atoms with Crippen molar-refractivity contribution in [1.29, 1.82) is 0 Å². The molecule has 0 amide bonds. The Balaban J connectivity index is 1.87. The lowest BCUT2D eigenvalue weighted by molar-refractivity contribution is 0.375. The van der Waals surface area contributed by atoms with Gasteiger partial charge in [0, 0.05) is 26.0 Å². The van der Waals surface area contributed by atoms with E-state index in [-0.39, 0.29) is 8.07 Å². The minimum absolute atomic E-state index is 0.000900. The summed E-state index contributed by atoms with van der Waals surface area (Å²) in [4.78, 5) is 0. The van der Waals surface area contributed by atoms with Crippen LogP contribution in [0.5, 0.6) is 0 Å². The van der Waals surface area contributed by atoms with Crippen LogP contribution in [0.4, 0.5) is 0 Å². The fourth-order valence-electron chi connectivity index (χ4n) is 2.58. The fourth-order valence-corrected chi connectivity index (χ4v) is 5.47. The monoisotopic (exact) mass is 231 g/mol. The highest BCUT2D eigenvalue weighted by Crippen LogP contribution is 2.79. The lowest BCUT2D eigenvalue weighted by atomic mass is 10.2. The normalized spacial score (nSPS) is 24.8. The van der Waals surface area contributed by atoms with E-state index in [4.69, 9.17) is 0 Å². The number of hydrogen-bond acceptors (Lipinski definition) is 1. The summed E-state index contributed by atoms with van der Waals surface area (Å²) in [6.45, 7) is 5.95. The van der Waals surface area contributed by atoms with Gasteiger partial charge in [-0.2, -0.15) is 0 Å². The summed E-state index contributed by atoms with van der Waals surface area (Å²) >= 11 is 0. The molecular weight excluding hydrogens is 213 g/mol. The molecule has 2 heteroatoms. The van der Waals surface area contributed by atoms with Crippen molar-refractivity contribution in [1.82, 2.24) is 4.67 Å². The second-order valence-corrected chi connectivity index (χ2v) is 6.96. The Morgan fingerprint density at radius 2 is 1.94 bits per heavy atom. The van der Waals surface area contributed by atoms with Crippen LogP contribution in [0.25, 0.3) is 5.31 Å². The van der Waals surface area contributed by atoms with E-state index in [1.54, 1.807) is 10.6 Å². The van der Waals surface area contributed by atoms with Gasteiger partial charge in [0.2, 0.25) is 0 Å². The molecule has 2 heterocycles. The average molecular weight is 231 g/mol. The van der Waals surface area contributed by atoms with E-state index in [9.17, 15) is 0 Å². The lowest BCUT2D eigenvalue weighted by Gasteiger charge is -2.30. The Labute approximate surface area is 99.0 Å². The van der Waals surface area contributed by atoms with Gasteiger partial charge in [-0.15, -0.1) is 0 Å². The largest absolute Gasteiger partial charge is 0.273 e. The fraction of sp³-hybridized carbons (Fsp3) is 0.429. The van der Waals surface area contributed by atoms with Crippen molar-refractivity contribution in [2.45, 2.75) is 32.7 Å². The van der Waals surface area contributed by atoms with Crippen molar-refractivity contribution in [2.75, 3.05) is 6.54 Å². The maximum atomic E-state index is 2.70. The van der Waals surface area contributed by atoms with E-state index in [1.807, 2.05) is 0 Å². The Morgan fingerprint density at radius 3 is 2.62 bits per heavy atom. The molecule has 2 aliphatic rings. The van der Waals surface area contributed by atoms with Gasteiger partial charge >= 0.3 is 0 Å². The smallest absolute Gasteiger partial charge is 0.0258 e. The summed E-state index contributed by atoms with van der Waals surface area (Å²) in [6, 6.07) is 11.6. The molecule has 3 rings (SSSR count). The molecule has 0 aromatic heterocycles. The first-order chi connectivity index (χ1) is 7.79. The third kappa shape index (κ3) is 1.63. The molecule has 0 radical (unpaired) electrons. The van der Waals surface area contributed by atoms with Gasteiger partial charge in [-0.05, 0) is 37.6 Å². The third-order valence-corrected chi connectivity index (χ3v) is 6.25. The van der Waals surface area contributed by atoms with Crippen LogP contribution < -0.4 is 0 Å². The van der Waals surface area contributed by atoms with Gasteiger partial charge in [-0.25, -0.2) is 0 Å². The van der Waals surface area contributed by atoms with Gasteiger partial charge in [0.25, 0.3) is 0 Å². The molecule has 1 aromatic carbocycles. The van der Waals surface area contributed by atoms with Crippen molar-refractivity contribution in [2.24, 2.45) is 0 Å². The quantitative estimate of drug-likeness (QED) is 0.687. The molecule has 0 aliphatic carbocycles. The van der Waals surface area contributed by atoms with E-state index in [2.05, 4.69) is 48.8 Å². The van der Waals surface area contributed by atoms with Gasteiger partial charge in [0.05, 0.1) is 0 Å². The SMILES string of the molecule is CC(C)N1CCCC2=C(c3ccccc3)P21. The van der Waals surface area contributed by atoms with Crippen LogP contribution in [-0.2, 0) is 0 Å². The molecule has 1 atom stereocenters. The van der Waals surface area contributed by atoms with Crippen LogP contribution in [0.2, 0.25) is 0 Å². The molecule has 0 saturated carbocycles. The first-order valence-electron chi connectivity index (χ1n) is 6.14. The van der Waals surface area contributed by atoms with Crippen LogP contribution in [-0.4, -0.2) is 17.3 Å². The summed E-state index contributed by atoms with van der Waals surface area (Å²) in [5.74, 6) is 0. The molecular formula is C14H18NP. The van der Waals surface area contributed by atoms with Gasteiger partial charge in [0.15, 0.2) is 0 Å². The van der Waals surface area contributed by atoms with Gasteiger partial charge in [0.1, 0.15) is 0 Å². The first kappa shape index (κ1) is 10.5. The van der Waals surface area contributed by atoms with E-state index < -0.39 is 0 Å². The molecule has 1 aromatic rings. The zero-order chi connectivity index (χ0) is 11.1. The van der Waals surface area contributed by atoms with Crippen LogP contribution in [0.15, 0.2) is 35.6 Å². The number of allylic oxidation sites excluding steroid dienone is 1. The van der Waals surface area contributed by atoms with Gasteiger partial charge < -0.3 is 0 Å².